The van der Waals surface area contributed by atoms with E-state index < -0.39 is 0 Å². The van der Waals surface area contributed by atoms with E-state index >= 15 is 0 Å². The van der Waals surface area contributed by atoms with Crippen molar-refractivity contribution in [3.63, 3.8) is 0 Å². The molecule has 0 aliphatic carbocycles. The molecule has 21 heavy (non-hydrogen) atoms. The summed E-state index contributed by atoms with van der Waals surface area (Å²) in [4.78, 5) is 14.4. The number of carbonyl (C=O) groups excluding carboxylic acids is 1. The predicted octanol–water partition coefficient (Wildman–Crippen LogP) is 3.73. The van der Waals surface area contributed by atoms with Crippen LogP contribution in [0, 0.1) is 5.92 Å². The van der Waals surface area contributed by atoms with Gasteiger partial charge in [-0.3, -0.25) is 4.79 Å². The van der Waals surface area contributed by atoms with Gasteiger partial charge in [0.1, 0.15) is 5.75 Å². The lowest BCUT2D eigenvalue weighted by atomic mass is 9.95. The van der Waals surface area contributed by atoms with Crippen LogP contribution in [0.15, 0.2) is 30.3 Å². The fourth-order valence-corrected chi connectivity index (χ4v) is 2.30. The number of rotatable bonds is 9. The van der Waals surface area contributed by atoms with Gasteiger partial charge in [-0.2, -0.15) is 0 Å². The molecule has 0 aromatic heterocycles. The smallest absolute Gasteiger partial charge is 0.160 e. The Labute approximate surface area is 128 Å². The standard InChI is InChI=1S/C18H27NO2/c1-4-5-6-7-16(14-19(2)3)18(21)13-10-15-8-11-17(20)12-9-15/h8-13,16,20H,4-7,14H2,1-3H3. The van der Waals surface area contributed by atoms with Gasteiger partial charge in [-0.05, 0) is 44.3 Å². The van der Waals surface area contributed by atoms with Gasteiger partial charge in [0.2, 0.25) is 0 Å². The third-order valence-electron chi connectivity index (χ3n) is 3.48. The van der Waals surface area contributed by atoms with Gasteiger partial charge in [-0.15, -0.1) is 0 Å². The molecule has 0 heterocycles. The van der Waals surface area contributed by atoms with Crippen molar-refractivity contribution in [3.8, 4) is 5.75 Å². The lowest BCUT2D eigenvalue weighted by Gasteiger charge is -2.18. The van der Waals surface area contributed by atoms with Crippen LogP contribution in [0.25, 0.3) is 6.08 Å². The highest BCUT2D eigenvalue weighted by molar-refractivity contribution is 5.95. The van der Waals surface area contributed by atoms with Crippen molar-refractivity contribution in [3.05, 3.63) is 35.9 Å². The summed E-state index contributed by atoms with van der Waals surface area (Å²) in [7, 11) is 4.01. The number of benzene rings is 1. The first-order chi connectivity index (χ1) is 10.0. The van der Waals surface area contributed by atoms with Crippen LogP contribution in [-0.2, 0) is 4.79 Å². The van der Waals surface area contributed by atoms with E-state index in [9.17, 15) is 9.90 Å². The molecule has 1 aromatic carbocycles. The van der Waals surface area contributed by atoms with Crippen molar-refractivity contribution >= 4 is 11.9 Å². The summed E-state index contributed by atoms with van der Waals surface area (Å²) >= 11 is 0. The predicted molar refractivity (Wildman–Crippen MR) is 88.3 cm³/mol. The number of hydrogen-bond acceptors (Lipinski definition) is 3. The van der Waals surface area contributed by atoms with Gasteiger partial charge in [0.25, 0.3) is 0 Å². The Morgan fingerprint density at radius 3 is 2.48 bits per heavy atom. The van der Waals surface area contributed by atoms with Crippen LogP contribution >= 0.6 is 0 Å². The fourth-order valence-electron chi connectivity index (χ4n) is 2.30. The largest absolute Gasteiger partial charge is 0.508 e. The molecule has 0 amide bonds. The first kappa shape index (κ1) is 17.4. The zero-order chi connectivity index (χ0) is 15.7. The van der Waals surface area contributed by atoms with Gasteiger partial charge in [0.15, 0.2) is 5.78 Å². The van der Waals surface area contributed by atoms with Crippen LogP contribution in [0.4, 0.5) is 0 Å². The van der Waals surface area contributed by atoms with E-state index in [1.165, 1.54) is 12.8 Å². The second-order valence-electron chi connectivity index (χ2n) is 5.78. The Morgan fingerprint density at radius 2 is 1.90 bits per heavy atom. The number of aromatic hydroxyl groups is 1. The zero-order valence-electron chi connectivity index (χ0n) is 13.4. The molecular weight excluding hydrogens is 262 g/mol. The Kier molecular flexibility index (Phi) is 7.76. The molecule has 116 valence electrons. The van der Waals surface area contributed by atoms with Gasteiger partial charge < -0.3 is 10.0 Å². The summed E-state index contributed by atoms with van der Waals surface area (Å²) in [5.41, 5.74) is 0.929. The Balaban J connectivity index is 2.63. The SMILES string of the molecule is CCCCCC(CN(C)C)C(=O)C=Cc1ccc(O)cc1. The number of carbonyl (C=O) groups is 1. The van der Waals surface area contributed by atoms with E-state index in [-0.39, 0.29) is 17.5 Å². The van der Waals surface area contributed by atoms with Gasteiger partial charge in [0.05, 0.1) is 0 Å². The molecule has 1 N–H and O–H groups in total. The molecule has 0 aliphatic rings. The minimum atomic E-state index is 0.0694. The Morgan fingerprint density at radius 1 is 1.24 bits per heavy atom. The minimum absolute atomic E-state index is 0.0694. The quantitative estimate of drug-likeness (QED) is 0.556. The van der Waals surface area contributed by atoms with Crippen molar-refractivity contribution in [1.82, 2.24) is 4.90 Å². The highest BCUT2D eigenvalue weighted by Crippen LogP contribution is 2.15. The molecule has 0 radical (unpaired) electrons. The molecule has 1 rings (SSSR count). The normalized spacial score (nSPS) is 13.0. The van der Waals surface area contributed by atoms with Gasteiger partial charge in [-0.25, -0.2) is 0 Å². The second kappa shape index (κ2) is 9.35. The first-order valence-electron chi connectivity index (χ1n) is 7.68. The molecular formula is C18H27NO2. The molecule has 1 atom stereocenters. The summed E-state index contributed by atoms with van der Waals surface area (Å²) in [5.74, 6) is 0.497. The number of hydrogen-bond donors (Lipinski definition) is 1. The van der Waals surface area contributed by atoms with Gasteiger partial charge in [-0.1, -0.05) is 44.4 Å². The molecule has 1 unspecified atom stereocenters. The van der Waals surface area contributed by atoms with Crippen LogP contribution in [0.1, 0.15) is 38.2 Å². The number of ketones is 1. The lowest BCUT2D eigenvalue weighted by molar-refractivity contribution is -0.118. The van der Waals surface area contributed by atoms with Crippen LogP contribution in [0.3, 0.4) is 0 Å². The summed E-state index contributed by atoms with van der Waals surface area (Å²) in [5, 5.41) is 9.25. The number of nitrogens with zero attached hydrogens (tertiary/aromatic N) is 1. The van der Waals surface area contributed by atoms with E-state index in [1.54, 1.807) is 30.3 Å². The monoisotopic (exact) mass is 289 g/mol. The third-order valence-corrected chi connectivity index (χ3v) is 3.48. The maximum absolute atomic E-state index is 12.4. The summed E-state index contributed by atoms with van der Waals surface area (Å²) in [6, 6.07) is 6.86. The molecule has 3 nitrogen and oxygen atoms in total. The number of unbranched alkanes of at least 4 members (excludes halogenated alkanes) is 2. The van der Waals surface area contributed by atoms with E-state index in [2.05, 4.69) is 11.8 Å². The molecule has 0 saturated heterocycles. The lowest BCUT2D eigenvalue weighted by Crippen LogP contribution is -2.27. The fraction of sp³-hybridized carbons (Fsp3) is 0.500. The minimum Gasteiger partial charge on any atom is -0.508 e. The molecule has 3 heteroatoms. The molecule has 0 spiro atoms. The van der Waals surface area contributed by atoms with Crippen LogP contribution in [0.2, 0.25) is 0 Å². The average Bonchev–Trinajstić information content (AvgIpc) is 2.45. The summed E-state index contributed by atoms with van der Waals surface area (Å²) in [6.45, 7) is 2.97. The number of phenolic OH excluding ortho intramolecular Hbond substituents is 1. The van der Waals surface area contributed by atoms with E-state index in [0.717, 1.165) is 24.9 Å². The molecule has 0 fully saturated rings. The molecule has 0 bridgehead atoms. The average molecular weight is 289 g/mol. The van der Waals surface area contributed by atoms with E-state index in [4.69, 9.17) is 0 Å². The summed E-state index contributed by atoms with van der Waals surface area (Å²) < 4.78 is 0. The van der Waals surface area contributed by atoms with Crippen molar-refractivity contribution in [2.24, 2.45) is 5.92 Å². The van der Waals surface area contributed by atoms with Crippen LogP contribution < -0.4 is 0 Å². The molecule has 0 saturated carbocycles. The van der Waals surface area contributed by atoms with Crippen LogP contribution in [0.5, 0.6) is 5.75 Å². The highest BCUT2D eigenvalue weighted by atomic mass is 16.3. The number of phenols is 1. The first-order valence-corrected chi connectivity index (χ1v) is 7.68. The number of allylic oxidation sites excluding steroid dienone is 1. The van der Waals surface area contributed by atoms with Gasteiger partial charge in [0, 0.05) is 12.5 Å². The zero-order valence-corrected chi connectivity index (χ0v) is 13.4. The maximum Gasteiger partial charge on any atom is 0.160 e. The van der Waals surface area contributed by atoms with Crippen molar-refractivity contribution in [2.45, 2.75) is 32.6 Å². The van der Waals surface area contributed by atoms with Crippen molar-refractivity contribution in [1.29, 1.82) is 0 Å². The molecule has 0 aliphatic heterocycles. The Hall–Kier alpha value is -1.61. The van der Waals surface area contributed by atoms with Crippen LogP contribution in [-0.4, -0.2) is 36.4 Å². The van der Waals surface area contributed by atoms with E-state index in [1.807, 2.05) is 20.2 Å². The topological polar surface area (TPSA) is 40.5 Å². The van der Waals surface area contributed by atoms with Crippen molar-refractivity contribution < 1.29 is 9.90 Å². The second-order valence-corrected chi connectivity index (χ2v) is 5.78. The van der Waals surface area contributed by atoms with Gasteiger partial charge >= 0.3 is 0 Å². The highest BCUT2D eigenvalue weighted by Gasteiger charge is 2.16. The Bertz CT molecular complexity index is 449. The van der Waals surface area contributed by atoms with E-state index in [0.29, 0.717) is 0 Å². The maximum atomic E-state index is 12.4. The third kappa shape index (κ3) is 7.09. The van der Waals surface area contributed by atoms with Crippen molar-refractivity contribution in [2.75, 3.05) is 20.6 Å². The molecule has 1 aromatic rings. The summed E-state index contributed by atoms with van der Waals surface area (Å²) in [6.07, 6.45) is 7.90.